The van der Waals surface area contributed by atoms with Crippen LogP contribution in [0.5, 0.6) is 0 Å². The summed E-state index contributed by atoms with van der Waals surface area (Å²) >= 11 is 6.69. The van der Waals surface area contributed by atoms with Crippen molar-refractivity contribution in [3.63, 3.8) is 0 Å². The van der Waals surface area contributed by atoms with Gasteiger partial charge < -0.3 is 4.90 Å². The van der Waals surface area contributed by atoms with E-state index in [1.54, 1.807) is 12.1 Å². The molecule has 0 aliphatic carbocycles. The van der Waals surface area contributed by atoms with Crippen molar-refractivity contribution in [1.29, 1.82) is 0 Å². The fourth-order valence-corrected chi connectivity index (χ4v) is 4.29. The molecule has 7 heteroatoms. The number of aryl methyl sites for hydroxylation is 1. The zero-order valence-corrected chi connectivity index (χ0v) is 18.4. The van der Waals surface area contributed by atoms with E-state index >= 15 is 0 Å². The predicted octanol–water partition coefficient (Wildman–Crippen LogP) is 4.38. The zero-order chi connectivity index (χ0) is 21.8. The summed E-state index contributed by atoms with van der Waals surface area (Å²) in [5, 5.41) is 5.31. The Morgan fingerprint density at radius 1 is 1.03 bits per heavy atom. The van der Waals surface area contributed by atoms with Crippen LogP contribution in [0.4, 0.5) is 4.39 Å². The van der Waals surface area contributed by atoms with Gasteiger partial charge in [0.2, 0.25) is 0 Å². The molecular weight excluding hydrogens is 415 g/mol. The summed E-state index contributed by atoms with van der Waals surface area (Å²) in [5.74, 6) is -0.508. The maximum Gasteiger partial charge on any atom is 0.254 e. The Hall–Kier alpha value is -2.70. The smallest absolute Gasteiger partial charge is 0.254 e. The van der Waals surface area contributed by atoms with Crippen molar-refractivity contribution in [3.05, 3.63) is 88.0 Å². The van der Waals surface area contributed by atoms with Crippen LogP contribution in [0.25, 0.3) is 0 Å². The van der Waals surface area contributed by atoms with Crippen LogP contribution in [0.1, 0.15) is 33.6 Å². The van der Waals surface area contributed by atoms with Gasteiger partial charge in [0.1, 0.15) is 11.0 Å². The third-order valence-corrected chi connectivity index (χ3v) is 6.11. The molecule has 4 rings (SSSR count). The van der Waals surface area contributed by atoms with Crippen LogP contribution >= 0.6 is 11.6 Å². The van der Waals surface area contributed by atoms with Crippen LogP contribution in [0.3, 0.4) is 0 Å². The molecular formula is C24H26ClFN4O. The molecule has 5 nitrogen and oxygen atoms in total. The van der Waals surface area contributed by atoms with E-state index < -0.39 is 0 Å². The summed E-state index contributed by atoms with van der Waals surface area (Å²) in [4.78, 5) is 16.9. The molecule has 0 spiro atoms. The Morgan fingerprint density at radius 2 is 1.84 bits per heavy atom. The van der Waals surface area contributed by atoms with E-state index in [0.29, 0.717) is 36.9 Å². The van der Waals surface area contributed by atoms with E-state index in [4.69, 9.17) is 11.6 Å². The van der Waals surface area contributed by atoms with Gasteiger partial charge in [0.25, 0.3) is 5.91 Å². The largest absolute Gasteiger partial charge is 0.337 e. The minimum absolute atomic E-state index is 0.119. The van der Waals surface area contributed by atoms with E-state index in [-0.39, 0.29) is 11.7 Å². The van der Waals surface area contributed by atoms with Gasteiger partial charge in [0.15, 0.2) is 0 Å². The molecule has 0 N–H and O–H groups in total. The van der Waals surface area contributed by atoms with Crippen LogP contribution in [-0.2, 0) is 13.1 Å². The number of hydrogen-bond acceptors (Lipinski definition) is 3. The van der Waals surface area contributed by atoms with E-state index in [1.165, 1.54) is 12.1 Å². The van der Waals surface area contributed by atoms with Gasteiger partial charge in [-0.2, -0.15) is 5.10 Å². The molecule has 31 heavy (non-hydrogen) atoms. The molecule has 0 atom stereocenters. The fraction of sp³-hybridized carbons (Fsp3) is 0.333. The number of rotatable bonds is 5. The van der Waals surface area contributed by atoms with Crippen molar-refractivity contribution in [2.24, 2.45) is 0 Å². The van der Waals surface area contributed by atoms with E-state index in [9.17, 15) is 9.18 Å². The Balaban J connectivity index is 1.41. The van der Waals surface area contributed by atoms with Crippen molar-refractivity contribution in [1.82, 2.24) is 19.6 Å². The van der Waals surface area contributed by atoms with Crippen LogP contribution < -0.4 is 0 Å². The lowest BCUT2D eigenvalue weighted by molar-refractivity contribution is 0.0760. The molecule has 1 aliphatic heterocycles. The van der Waals surface area contributed by atoms with Crippen LogP contribution in [-0.4, -0.2) is 51.7 Å². The van der Waals surface area contributed by atoms with Crippen molar-refractivity contribution in [2.75, 3.05) is 26.2 Å². The van der Waals surface area contributed by atoms with Gasteiger partial charge in [-0.25, -0.2) is 9.07 Å². The van der Waals surface area contributed by atoms with Gasteiger partial charge in [-0.1, -0.05) is 48.0 Å². The molecule has 0 bridgehead atoms. The predicted molar refractivity (Wildman–Crippen MR) is 120 cm³/mol. The Morgan fingerprint density at radius 3 is 2.61 bits per heavy atom. The van der Waals surface area contributed by atoms with E-state index in [2.05, 4.69) is 22.1 Å². The number of benzene rings is 2. The summed E-state index contributed by atoms with van der Waals surface area (Å²) in [6.45, 7) is 6.18. The minimum atomic E-state index is -0.389. The second kappa shape index (κ2) is 9.62. The van der Waals surface area contributed by atoms with Crippen molar-refractivity contribution in [2.45, 2.75) is 26.4 Å². The van der Waals surface area contributed by atoms with Crippen molar-refractivity contribution in [3.8, 4) is 0 Å². The van der Waals surface area contributed by atoms with Gasteiger partial charge >= 0.3 is 0 Å². The van der Waals surface area contributed by atoms with Gasteiger partial charge in [0.05, 0.1) is 12.2 Å². The van der Waals surface area contributed by atoms with Gasteiger partial charge in [0, 0.05) is 43.9 Å². The highest BCUT2D eigenvalue weighted by Gasteiger charge is 2.23. The average molecular weight is 441 g/mol. The van der Waals surface area contributed by atoms with Crippen LogP contribution in [0.15, 0.2) is 54.6 Å². The van der Waals surface area contributed by atoms with E-state index in [1.807, 2.05) is 34.7 Å². The Kier molecular flexibility index (Phi) is 6.68. The monoisotopic (exact) mass is 440 g/mol. The third kappa shape index (κ3) is 5.14. The lowest BCUT2D eigenvalue weighted by Gasteiger charge is -2.22. The fourth-order valence-electron chi connectivity index (χ4n) is 3.99. The number of aromatic nitrogens is 2. The minimum Gasteiger partial charge on any atom is -0.337 e. The SMILES string of the molecule is Cc1nn(Cc2ccccc2)c(Cl)c1CN1CCCN(C(=O)c2cccc(F)c2)CC1. The molecule has 162 valence electrons. The summed E-state index contributed by atoms with van der Waals surface area (Å²) in [6, 6.07) is 16.0. The lowest BCUT2D eigenvalue weighted by atomic mass is 10.2. The Labute approximate surface area is 187 Å². The topological polar surface area (TPSA) is 41.4 Å². The number of amides is 1. The van der Waals surface area contributed by atoms with Crippen LogP contribution in [0.2, 0.25) is 5.15 Å². The maximum absolute atomic E-state index is 13.5. The normalized spacial score (nSPS) is 15.1. The number of hydrogen-bond donors (Lipinski definition) is 0. The second-order valence-corrected chi connectivity index (χ2v) is 8.29. The average Bonchev–Trinajstić information content (AvgIpc) is 2.93. The highest BCUT2D eigenvalue weighted by Crippen LogP contribution is 2.23. The summed E-state index contributed by atoms with van der Waals surface area (Å²) in [5.41, 5.74) is 3.51. The maximum atomic E-state index is 13.5. The van der Waals surface area contributed by atoms with Crippen molar-refractivity contribution < 1.29 is 9.18 Å². The lowest BCUT2D eigenvalue weighted by Crippen LogP contribution is -2.35. The van der Waals surface area contributed by atoms with Gasteiger partial charge in [-0.15, -0.1) is 0 Å². The summed E-state index contributed by atoms with van der Waals surface area (Å²) < 4.78 is 15.3. The number of halogens is 2. The molecule has 0 radical (unpaired) electrons. The first-order chi connectivity index (χ1) is 15.0. The Bertz CT molecular complexity index is 1050. The zero-order valence-electron chi connectivity index (χ0n) is 17.6. The van der Waals surface area contributed by atoms with Crippen molar-refractivity contribution >= 4 is 17.5 Å². The molecule has 1 saturated heterocycles. The molecule has 2 aromatic carbocycles. The standard InChI is InChI=1S/C24H26ClFN4O/c1-18-22(23(25)30(27-18)16-19-7-3-2-4-8-19)17-28-11-6-12-29(14-13-28)24(31)20-9-5-10-21(26)15-20/h2-5,7-10,15H,6,11-14,16-17H2,1H3. The summed E-state index contributed by atoms with van der Waals surface area (Å²) in [6.07, 6.45) is 0.857. The first-order valence-electron chi connectivity index (χ1n) is 10.5. The molecule has 2 heterocycles. The summed E-state index contributed by atoms with van der Waals surface area (Å²) in [7, 11) is 0. The first kappa shape index (κ1) is 21.5. The molecule has 1 aliphatic rings. The second-order valence-electron chi connectivity index (χ2n) is 7.93. The number of carbonyl (C=O) groups is 1. The molecule has 1 amide bonds. The number of nitrogens with zero attached hydrogens (tertiary/aromatic N) is 4. The van der Waals surface area contributed by atoms with Crippen LogP contribution in [0, 0.1) is 12.7 Å². The molecule has 0 unspecified atom stereocenters. The van der Waals surface area contributed by atoms with E-state index in [0.717, 1.165) is 36.3 Å². The molecule has 0 saturated carbocycles. The van der Waals surface area contributed by atoms with Gasteiger partial charge in [-0.05, 0) is 37.1 Å². The van der Waals surface area contributed by atoms with Gasteiger partial charge in [-0.3, -0.25) is 9.69 Å². The molecule has 1 fully saturated rings. The first-order valence-corrected chi connectivity index (χ1v) is 10.9. The quantitative estimate of drug-likeness (QED) is 0.591. The highest BCUT2D eigenvalue weighted by atomic mass is 35.5. The third-order valence-electron chi connectivity index (χ3n) is 5.69. The molecule has 1 aromatic heterocycles. The molecule has 3 aromatic rings. The number of carbonyl (C=O) groups excluding carboxylic acids is 1. The highest BCUT2D eigenvalue weighted by molar-refractivity contribution is 6.30.